The summed E-state index contributed by atoms with van der Waals surface area (Å²) in [6.07, 6.45) is 2.23. The molecule has 15 heavy (non-hydrogen) atoms. The first-order valence-corrected chi connectivity index (χ1v) is 6.01. The molecule has 0 aliphatic carbocycles. The molecule has 0 fully saturated rings. The zero-order valence-electron chi connectivity index (χ0n) is 8.78. The van der Waals surface area contributed by atoms with Gasteiger partial charge in [0, 0.05) is 6.54 Å². The SMILES string of the molecule is C=CCCNS(=O)(=O)c1c(C)noc1C. The van der Waals surface area contributed by atoms with Crippen molar-refractivity contribution in [1.29, 1.82) is 0 Å². The molecule has 1 aromatic heterocycles. The molecule has 0 saturated heterocycles. The molecular formula is C9H14N2O3S. The van der Waals surface area contributed by atoms with Crippen LogP contribution in [0.3, 0.4) is 0 Å². The van der Waals surface area contributed by atoms with Gasteiger partial charge in [-0.3, -0.25) is 0 Å². The lowest BCUT2D eigenvalue weighted by molar-refractivity contribution is 0.390. The standard InChI is InChI=1S/C9H14N2O3S/c1-4-5-6-10-15(12,13)9-7(2)11-14-8(9)3/h4,10H,1,5-6H2,2-3H3. The summed E-state index contributed by atoms with van der Waals surface area (Å²) >= 11 is 0. The van der Waals surface area contributed by atoms with Crippen molar-refractivity contribution in [2.24, 2.45) is 0 Å². The van der Waals surface area contributed by atoms with Gasteiger partial charge in [0.2, 0.25) is 10.0 Å². The Morgan fingerprint density at radius 3 is 2.67 bits per heavy atom. The molecule has 6 heteroatoms. The van der Waals surface area contributed by atoms with Gasteiger partial charge < -0.3 is 4.52 Å². The Labute approximate surface area is 89.2 Å². The molecule has 0 aliphatic rings. The summed E-state index contributed by atoms with van der Waals surface area (Å²) in [4.78, 5) is 0.131. The van der Waals surface area contributed by atoms with Crippen molar-refractivity contribution in [3.63, 3.8) is 0 Å². The van der Waals surface area contributed by atoms with Crippen molar-refractivity contribution in [2.75, 3.05) is 6.54 Å². The van der Waals surface area contributed by atoms with Crippen LogP contribution >= 0.6 is 0 Å². The van der Waals surface area contributed by atoms with Crippen molar-refractivity contribution in [2.45, 2.75) is 25.2 Å². The third-order valence-corrected chi connectivity index (χ3v) is 3.58. The van der Waals surface area contributed by atoms with Gasteiger partial charge in [-0.2, -0.15) is 0 Å². The lowest BCUT2D eigenvalue weighted by atomic mass is 10.4. The lowest BCUT2D eigenvalue weighted by Crippen LogP contribution is -2.25. The molecule has 0 radical (unpaired) electrons. The molecule has 0 amide bonds. The number of nitrogens with one attached hydrogen (secondary N) is 1. The van der Waals surface area contributed by atoms with E-state index < -0.39 is 10.0 Å². The third-order valence-electron chi connectivity index (χ3n) is 1.88. The Kier molecular flexibility index (Phi) is 3.65. The highest BCUT2D eigenvalue weighted by molar-refractivity contribution is 7.89. The molecular weight excluding hydrogens is 216 g/mol. The fourth-order valence-corrected chi connectivity index (χ4v) is 2.60. The summed E-state index contributed by atoms with van der Waals surface area (Å²) in [6, 6.07) is 0. The second-order valence-electron chi connectivity index (χ2n) is 3.13. The van der Waals surface area contributed by atoms with Gasteiger partial charge in [0.25, 0.3) is 0 Å². The maximum atomic E-state index is 11.8. The van der Waals surface area contributed by atoms with Gasteiger partial charge in [-0.05, 0) is 20.3 Å². The Morgan fingerprint density at radius 1 is 1.53 bits per heavy atom. The number of nitrogens with zero attached hydrogens (tertiary/aromatic N) is 1. The molecule has 0 spiro atoms. The smallest absolute Gasteiger partial charge is 0.245 e. The Bertz CT molecular complexity index is 428. The van der Waals surface area contributed by atoms with E-state index in [1.54, 1.807) is 19.9 Å². The quantitative estimate of drug-likeness (QED) is 0.608. The predicted molar refractivity (Wildman–Crippen MR) is 56.0 cm³/mol. The van der Waals surface area contributed by atoms with Crippen LogP contribution in [-0.4, -0.2) is 20.1 Å². The van der Waals surface area contributed by atoms with Gasteiger partial charge in [0.1, 0.15) is 10.6 Å². The van der Waals surface area contributed by atoms with E-state index in [-0.39, 0.29) is 4.90 Å². The molecule has 0 aliphatic heterocycles. The number of aromatic nitrogens is 1. The predicted octanol–water partition coefficient (Wildman–Crippen LogP) is 1.15. The summed E-state index contributed by atoms with van der Waals surface area (Å²) < 4.78 is 30.8. The first-order chi connectivity index (χ1) is 6.99. The van der Waals surface area contributed by atoms with E-state index in [2.05, 4.69) is 16.5 Å². The van der Waals surface area contributed by atoms with Gasteiger partial charge in [-0.25, -0.2) is 13.1 Å². The van der Waals surface area contributed by atoms with Gasteiger partial charge in [-0.15, -0.1) is 6.58 Å². The fraction of sp³-hybridized carbons (Fsp3) is 0.444. The van der Waals surface area contributed by atoms with E-state index in [9.17, 15) is 8.42 Å². The van der Waals surface area contributed by atoms with E-state index in [0.717, 1.165) is 0 Å². The highest BCUT2D eigenvalue weighted by Crippen LogP contribution is 2.18. The number of hydrogen-bond acceptors (Lipinski definition) is 4. The lowest BCUT2D eigenvalue weighted by Gasteiger charge is -2.03. The molecule has 0 saturated carbocycles. The normalized spacial score (nSPS) is 11.6. The summed E-state index contributed by atoms with van der Waals surface area (Å²) in [5, 5.41) is 3.60. The van der Waals surface area contributed by atoms with Crippen molar-refractivity contribution < 1.29 is 12.9 Å². The number of aryl methyl sites for hydroxylation is 2. The number of sulfonamides is 1. The minimum atomic E-state index is -3.50. The van der Waals surface area contributed by atoms with Gasteiger partial charge in [0.05, 0.1) is 0 Å². The van der Waals surface area contributed by atoms with Crippen LogP contribution in [0.15, 0.2) is 22.1 Å². The minimum absolute atomic E-state index is 0.131. The van der Waals surface area contributed by atoms with Crippen molar-refractivity contribution >= 4 is 10.0 Å². The highest BCUT2D eigenvalue weighted by Gasteiger charge is 2.23. The van der Waals surface area contributed by atoms with Crippen LogP contribution in [0.25, 0.3) is 0 Å². The Balaban J connectivity index is 2.91. The van der Waals surface area contributed by atoms with Gasteiger partial charge in [0.15, 0.2) is 5.76 Å². The monoisotopic (exact) mass is 230 g/mol. The van der Waals surface area contributed by atoms with Crippen molar-refractivity contribution in [1.82, 2.24) is 9.88 Å². The third kappa shape index (κ3) is 2.66. The van der Waals surface area contributed by atoms with Crippen LogP contribution in [0.1, 0.15) is 17.9 Å². The maximum Gasteiger partial charge on any atom is 0.245 e. The van der Waals surface area contributed by atoms with Crippen molar-refractivity contribution in [3.05, 3.63) is 24.1 Å². The molecule has 5 nitrogen and oxygen atoms in total. The van der Waals surface area contributed by atoms with Gasteiger partial charge >= 0.3 is 0 Å². The first-order valence-electron chi connectivity index (χ1n) is 4.52. The van der Waals surface area contributed by atoms with E-state index in [1.165, 1.54) is 0 Å². The molecule has 0 unspecified atom stereocenters. The van der Waals surface area contributed by atoms with E-state index in [1.807, 2.05) is 0 Å². The first kappa shape index (κ1) is 11.9. The van der Waals surface area contributed by atoms with Gasteiger partial charge in [-0.1, -0.05) is 11.2 Å². The van der Waals surface area contributed by atoms with E-state index >= 15 is 0 Å². The molecule has 1 N–H and O–H groups in total. The average Bonchev–Trinajstić information content (AvgIpc) is 2.46. The highest BCUT2D eigenvalue weighted by atomic mass is 32.2. The average molecular weight is 230 g/mol. The van der Waals surface area contributed by atoms with Crippen LogP contribution in [0.4, 0.5) is 0 Å². The molecule has 1 aromatic rings. The van der Waals surface area contributed by atoms with Crippen LogP contribution in [0, 0.1) is 13.8 Å². The summed E-state index contributed by atoms with van der Waals surface area (Å²) in [6.45, 7) is 7.01. The minimum Gasteiger partial charge on any atom is -0.360 e. The Morgan fingerprint density at radius 2 is 2.20 bits per heavy atom. The molecule has 0 aromatic carbocycles. The fourth-order valence-electron chi connectivity index (χ4n) is 1.23. The molecule has 0 atom stereocenters. The maximum absolute atomic E-state index is 11.8. The second kappa shape index (κ2) is 4.59. The summed E-state index contributed by atoms with van der Waals surface area (Å²) in [7, 11) is -3.50. The second-order valence-corrected chi connectivity index (χ2v) is 4.83. The van der Waals surface area contributed by atoms with Crippen LogP contribution in [-0.2, 0) is 10.0 Å². The summed E-state index contributed by atoms with van der Waals surface area (Å²) in [5.74, 6) is 0.304. The van der Waals surface area contributed by atoms with Crippen LogP contribution in [0.5, 0.6) is 0 Å². The van der Waals surface area contributed by atoms with E-state index in [0.29, 0.717) is 24.4 Å². The number of hydrogen-bond donors (Lipinski definition) is 1. The summed E-state index contributed by atoms with van der Waals surface area (Å²) in [5.41, 5.74) is 0.374. The van der Waals surface area contributed by atoms with Crippen molar-refractivity contribution in [3.8, 4) is 0 Å². The van der Waals surface area contributed by atoms with Crippen LogP contribution < -0.4 is 4.72 Å². The zero-order chi connectivity index (χ0) is 11.5. The van der Waals surface area contributed by atoms with E-state index in [4.69, 9.17) is 4.52 Å². The van der Waals surface area contributed by atoms with Crippen LogP contribution in [0.2, 0.25) is 0 Å². The molecule has 1 heterocycles. The number of rotatable bonds is 5. The molecule has 0 bridgehead atoms. The zero-order valence-corrected chi connectivity index (χ0v) is 9.60. The molecule has 1 rings (SSSR count). The Hall–Kier alpha value is -1.14. The molecule has 84 valence electrons. The largest absolute Gasteiger partial charge is 0.360 e. The topological polar surface area (TPSA) is 72.2 Å².